The van der Waals surface area contributed by atoms with E-state index in [0.29, 0.717) is 24.9 Å². The number of ether oxygens (including phenoxy) is 2. The highest BCUT2D eigenvalue weighted by Crippen LogP contribution is 2.58. The number of fused-ring (bicyclic) bond motifs is 6. The number of aromatic amines is 2. The predicted molar refractivity (Wildman–Crippen MR) is 214 cm³/mol. The second-order valence-corrected chi connectivity index (χ2v) is 18.0. The number of hydrogen-bond donors (Lipinski definition) is 2. The number of aromatic nitrogens is 4. The number of nitrogens with one attached hydrogen (secondary N) is 2. The van der Waals surface area contributed by atoms with E-state index in [1.807, 2.05) is 52.6 Å². The van der Waals surface area contributed by atoms with E-state index in [4.69, 9.17) is 19.4 Å². The molecule has 9 rings (SSSR count). The van der Waals surface area contributed by atoms with Crippen LogP contribution in [0.15, 0.2) is 60.8 Å². The van der Waals surface area contributed by atoms with Gasteiger partial charge in [-0.25, -0.2) is 19.6 Å². The molecule has 286 valence electrons. The molecule has 3 aromatic carbocycles. The topological polar surface area (TPSA) is 116 Å². The Hall–Kier alpha value is -5.12. The minimum Gasteiger partial charge on any atom is -0.444 e. The van der Waals surface area contributed by atoms with Crippen LogP contribution in [0.3, 0.4) is 0 Å². The van der Waals surface area contributed by atoms with Crippen LogP contribution >= 0.6 is 0 Å². The van der Waals surface area contributed by atoms with E-state index >= 15 is 0 Å². The lowest BCUT2D eigenvalue weighted by molar-refractivity contribution is 0.0208. The first-order valence-electron chi connectivity index (χ1n) is 20.1. The van der Waals surface area contributed by atoms with E-state index in [-0.39, 0.29) is 24.3 Å². The first kappa shape index (κ1) is 35.6. The first-order chi connectivity index (χ1) is 26.3. The van der Waals surface area contributed by atoms with Gasteiger partial charge in [0, 0.05) is 13.1 Å². The maximum Gasteiger partial charge on any atom is 0.410 e. The van der Waals surface area contributed by atoms with Gasteiger partial charge in [-0.1, -0.05) is 42.5 Å². The van der Waals surface area contributed by atoms with Crippen LogP contribution in [0, 0.1) is 0 Å². The molecule has 2 N–H and O–H groups in total. The Bertz CT molecular complexity index is 2270. The fraction of sp³-hybridized carbons (Fsp3) is 0.467. The van der Waals surface area contributed by atoms with Gasteiger partial charge in [0.1, 0.15) is 22.9 Å². The van der Waals surface area contributed by atoms with Crippen LogP contribution in [-0.4, -0.2) is 66.2 Å². The molecule has 2 bridgehead atoms. The molecule has 4 heterocycles. The van der Waals surface area contributed by atoms with Crippen molar-refractivity contribution in [1.29, 1.82) is 0 Å². The molecule has 5 aromatic rings. The fourth-order valence-electron chi connectivity index (χ4n) is 9.54. The SMILES string of the molecule is CC(C)(C)OC(=O)N1CCCC1c1ncc(-c2ccc(-c3ccc(-c4ccc5nc([C@@H]6CCCN6C(=O)OC(C)(C)C)[nH]c5c4)c4c3[C@@H]3CC[C@H]4C3)cc2)[nH]1. The Balaban J connectivity index is 0.972. The van der Waals surface area contributed by atoms with E-state index < -0.39 is 11.2 Å². The average Bonchev–Trinajstić information content (AvgIpc) is 3.98. The highest BCUT2D eigenvalue weighted by Gasteiger charge is 2.41. The normalized spacial score (nSPS) is 22.1. The molecule has 10 heteroatoms. The largest absolute Gasteiger partial charge is 0.444 e. The number of carbonyl (C=O) groups excluding carboxylic acids is 2. The molecule has 3 fully saturated rings. The molecule has 10 nitrogen and oxygen atoms in total. The van der Waals surface area contributed by atoms with Crippen LogP contribution in [0.2, 0.25) is 0 Å². The molecule has 2 amide bonds. The molecule has 4 atom stereocenters. The molecule has 1 saturated carbocycles. The van der Waals surface area contributed by atoms with Crippen LogP contribution in [0.5, 0.6) is 0 Å². The molecule has 0 radical (unpaired) electrons. The maximum atomic E-state index is 13.0. The summed E-state index contributed by atoms with van der Waals surface area (Å²) in [6.45, 7) is 12.8. The summed E-state index contributed by atoms with van der Waals surface area (Å²) in [5.74, 6) is 2.78. The van der Waals surface area contributed by atoms with E-state index in [9.17, 15) is 9.59 Å². The quantitative estimate of drug-likeness (QED) is 0.185. The van der Waals surface area contributed by atoms with Crippen molar-refractivity contribution in [1.82, 2.24) is 29.7 Å². The second-order valence-electron chi connectivity index (χ2n) is 18.0. The zero-order valence-electron chi connectivity index (χ0n) is 32.9. The summed E-state index contributed by atoms with van der Waals surface area (Å²) in [6, 6.07) is 19.8. The Morgan fingerprint density at radius 1 is 0.673 bits per heavy atom. The van der Waals surface area contributed by atoms with E-state index in [0.717, 1.165) is 59.6 Å². The summed E-state index contributed by atoms with van der Waals surface area (Å²) < 4.78 is 11.4. The number of carbonyl (C=O) groups is 2. The number of imidazole rings is 2. The lowest BCUT2D eigenvalue weighted by Crippen LogP contribution is -2.36. The Morgan fingerprint density at radius 2 is 1.22 bits per heavy atom. The summed E-state index contributed by atoms with van der Waals surface area (Å²) in [4.78, 5) is 46.4. The van der Waals surface area contributed by atoms with Crippen molar-refractivity contribution in [2.24, 2.45) is 0 Å². The zero-order valence-corrected chi connectivity index (χ0v) is 32.9. The standard InChI is InChI=1S/C45H52N6O4/c1-44(2,3)54-42(52)50-21-7-9-36(50)40-46-25-35(49-40)27-13-11-26(12-14-27)31-18-19-32(39-30-16-15-29(23-30)38(31)39)28-17-20-33-34(24-28)48-41(47-33)37-10-8-22-51(37)43(53)55-45(4,5)6/h11-14,17-20,24-25,29-30,36-37H,7-10,15-16,21-23H2,1-6H3,(H,46,49)(H,47,48)/t29-,30+,36?,37+/m1/s1. The second kappa shape index (κ2) is 13.3. The third-order valence-corrected chi connectivity index (χ3v) is 11.8. The minimum absolute atomic E-state index is 0.114. The van der Waals surface area contributed by atoms with E-state index in [1.54, 1.807) is 4.90 Å². The van der Waals surface area contributed by atoms with Gasteiger partial charge in [-0.2, -0.15) is 0 Å². The van der Waals surface area contributed by atoms with Crippen molar-refractivity contribution >= 4 is 23.2 Å². The molecule has 2 aromatic heterocycles. The molecule has 2 saturated heterocycles. The number of rotatable bonds is 5. The Morgan fingerprint density at radius 3 is 1.82 bits per heavy atom. The van der Waals surface area contributed by atoms with Crippen molar-refractivity contribution in [3.63, 3.8) is 0 Å². The lowest BCUT2D eigenvalue weighted by Gasteiger charge is -2.27. The van der Waals surface area contributed by atoms with Crippen LogP contribution in [0.4, 0.5) is 9.59 Å². The third-order valence-electron chi connectivity index (χ3n) is 11.8. The number of hydrogen-bond acceptors (Lipinski definition) is 6. The van der Waals surface area contributed by atoms with Gasteiger partial charge < -0.3 is 19.4 Å². The van der Waals surface area contributed by atoms with Gasteiger partial charge in [-0.05, 0) is 149 Å². The average molecular weight is 741 g/mol. The monoisotopic (exact) mass is 740 g/mol. The molecular weight excluding hydrogens is 689 g/mol. The van der Waals surface area contributed by atoms with Crippen molar-refractivity contribution < 1.29 is 19.1 Å². The molecule has 1 unspecified atom stereocenters. The van der Waals surface area contributed by atoms with Crippen LogP contribution in [-0.2, 0) is 9.47 Å². The van der Waals surface area contributed by atoms with Crippen molar-refractivity contribution in [3.8, 4) is 33.5 Å². The minimum atomic E-state index is -0.541. The summed E-state index contributed by atoms with van der Waals surface area (Å²) in [5.41, 5.74) is 10.9. The number of benzene rings is 3. The van der Waals surface area contributed by atoms with E-state index in [1.165, 1.54) is 52.6 Å². The fourth-order valence-corrected chi connectivity index (χ4v) is 9.54. The number of amides is 2. The van der Waals surface area contributed by atoms with Gasteiger partial charge in [-0.3, -0.25) is 9.80 Å². The van der Waals surface area contributed by atoms with Gasteiger partial charge in [0.2, 0.25) is 0 Å². The van der Waals surface area contributed by atoms with Crippen LogP contribution in [0.1, 0.15) is 133 Å². The Kier molecular flexibility index (Phi) is 8.59. The van der Waals surface area contributed by atoms with Gasteiger partial charge in [0.25, 0.3) is 0 Å². The lowest BCUT2D eigenvalue weighted by atomic mass is 9.81. The maximum absolute atomic E-state index is 13.0. The summed E-state index contributed by atoms with van der Waals surface area (Å²) in [5, 5.41) is 0. The van der Waals surface area contributed by atoms with Crippen LogP contribution < -0.4 is 0 Å². The van der Waals surface area contributed by atoms with Gasteiger partial charge in [0.15, 0.2) is 0 Å². The highest BCUT2D eigenvalue weighted by atomic mass is 16.6. The molecule has 55 heavy (non-hydrogen) atoms. The van der Waals surface area contributed by atoms with Gasteiger partial charge in [-0.15, -0.1) is 0 Å². The summed E-state index contributed by atoms with van der Waals surface area (Å²) in [6.07, 6.45) is 8.59. The smallest absolute Gasteiger partial charge is 0.410 e. The van der Waals surface area contributed by atoms with Crippen LogP contribution in [0.25, 0.3) is 44.5 Å². The van der Waals surface area contributed by atoms with Gasteiger partial charge >= 0.3 is 12.2 Å². The summed E-state index contributed by atoms with van der Waals surface area (Å²) in [7, 11) is 0. The molecular formula is C45H52N6O4. The molecule has 4 aliphatic rings. The zero-order chi connectivity index (χ0) is 38.2. The number of nitrogens with zero attached hydrogens (tertiary/aromatic N) is 4. The van der Waals surface area contributed by atoms with Crippen molar-refractivity contribution in [2.45, 2.75) is 122 Å². The highest BCUT2D eigenvalue weighted by molar-refractivity contribution is 5.86. The first-order valence-corrected chi connectivity index (χ1v) is 20.1. The van der Waals surface area contributed by atoms with Crippen molar-refractivity contribution in [2.75, 3.05) is 13.1 Å². The third kappa shape index (κ3) is 6.67. The molecule has 0 spiro atoms. The van der Waals surface area contributed by atoms with Crippen molar-refractivity contribution in [3.05, 3.63) is 83.6 Å². The van der Waals surface area contributed by atoms with E-state index in [2.05, 4.69) is 64.6 Å². The molecule has 2 aliphatic carbocycles. The van der Waals surface area contributed by atoms with Gasteiger partial charge in [0.05, 0.1) is 35.0 Å². The number of H-pyrrole nitrogens is 2. The predicted octanol–water partition coefficient (Wildman–Crippen LogP) is 10.8. The Labute approximate surface area is 323 Å². The molecule has 2 aliphatic heterocycles. The summed E-state index contributed by atoms with van der Waals surface area (Å²) >= 11 is 0. The number of likely N-dealkylation sites (tertiary alicyclic amines) is 2.